The van der Waals surface area contributed by atoms with E-state index < -0.39 is 18.4 Å². The van der Waals surface area contributed by atoms with Crippen molar-refractivity contribution < 1.29 is 22.7 Å². The quantitative estimate of drug-likeness (QED) is 0.841. The molecule has 1 aromatic rings. The van der Waals surface area contributed by atoms with Crippen LogP contribution in [-0.4, -0.2) is 24.9 Å². The van der Waals surface area contributed by atoms with Crippen LogP contribution >= 0.6 is 0 Å². The van der Waals surface area contributed by atoms with E-state index in [9.17, 15) is 18.0 Å². The SMILES string of the molecule is CC(C)c1ccc(C2CCC3(CNC3OC(=O)C(F)(F)F)C2)cc1. The number of esters is 1. The van der Waals surface area contributed by atoms with E-state index in [4.69, 9.17) is 0 Å². The lowest BCUT2D eigenvalue weighted by atomic mass is 9.76. The van der Waals surface area contributed by atoms with Crippen LogP contribution in [0.4, 0.5) is 13.2 Å². The number of carbonyl (C=O) groups excluding carboxylic acids is 1. The molecule has 0 aromatic heterocycles. The lowest BCUT2D eigenvalue weighted by molar-refractivity contribution is -0.221. The molecule has 1 saturated heterocycles. The summed E-state index contributed by atoms with van der Waals surface area (Å²) in [7, 11) is 0. The molecule has 1 N–H and O–H groups in total. The summed E-state index contributed by atoms with van der Waals surface area (Å²) in [5.74, 6) is -1.33. The van der Waals surface area contributed by atoms with Crippen molar-refractivity contribution in [2.24, 2.45) is 5.41 Å². The average molecular weight is 341 g/mol. The molecule has 1 spiro atoms. The molecule has 6 heteroatoms. The van der Waals surface area contributed by atoms with E-state index in [2.05, 4.69) is 48.2 Å². The summed E-state index contributed by atoms with van der Waals surface area (Å²) in [5.41, 5.74) is 2.13. The van der Waals surface area contributed by atoms with Crippen LogP contribution in [0.3, 0.4) is 0 Å². The minimum absolute atomic E-state index is 0.306. The third kappa shape index (κ3) is 3.16. The molecule has 0 radical (unpaired) electrons. The average Bonchev–Trinajstić information content (AvgIpc) is 2.98. The summed E-state index contributed by atoms with van der Waals surface area (Å²) in [6.45, 7) is 4.88. The zero-order chi connectivity index (χ0) is 17.5. The number of hydrogen-bond acceptors (Lipinski definition) is 3. The Morgan fingerprint density at radius 3 is 2.46 bits per heavy atom. The predicted octanol–water partition coefficient (Wildman–Crippen LogP) is 4.10. The summed E-state index contributed by atoms with van der Waals surface area (Å²) in [5, 5.41) is 2.83. The van der Waals surface area contributed by atoms with Crippen molar-refractivity contribution in [3.8, 4) is 0 Å². The zero-order valence-corrected chi connectivity index (χ0v) is 13.8. The van der Waals surface area contributed by atoms with Gasteiger partial charge in [0, 0.05) is 12.0 Å². The van der Waals surface area contributed by atoms with Crippen molar-refractivity contribution in [2.45, 2.75) is 57.3 Å². The lowest BCUT2D eigenvalue weighted by Crippen LogP contribution is -2.63. The van der Waals surface area contributed by atoms with Crippen molar-refractivity contribution in [3.05, 3.63) is 35.4 Å². The molecular weight excluding hydrogens is 319 g/mol. The monoisotopic (exact) mass is 341 g/mol. The number of alkyl halides is 3. The van der Waals surface area contributed by atoms with Gasteiger partial charge >= 0.3 is 12.1 Å². The maximum atomic E-state index is 12.4. The summed E-state index contributed by atoms with van der Waals surface area (Å²) >= 11 is 0. The molecule has 3 unspecified atom stereocenters. The van der Waals surface area contributed by atoms with Gasteiger partial charge in [0.05, 0.1) is 0 Å². The Morgan fingerprint density at radius 1 is 1.29 bits per heavy atom. The fraction of sp³-hybridized carbons (Fsp3) is 0.611. The second-order valence-corrected chi connectivity index (χ2v) is 7.29. The second kappa shape index (κ2) is 6.06. The van der Waals surface area contributed by atoms with Crippen LogP contribution in [0.1, 0.15) is 56.1 Å². The van der Waals surface area contributed by atoms with Crippen molar-refractivity contribution in [1.82, 2.24) is 5.32 Å². The van der Waals surface area contributed by atoms with E-state index >= 15 is 0 Å². The van der Waals surface area contributed by atoms with Gasteiger partial charge < -0.3 is 4.74 Å². The van der Waals surface area contributed by atoms with E-state index in [-0.39, 0.29) is 5.41 Å². The number of nitrogens with one attached hydrogen (secondary N) is 1. The van der Waals surface area contributed by atoms with Crippen LogP contribution in [0.25, 0.3) is 0 Å². The molecular formula is C18H22F3NO2. The Bertz CT molecular complexity index is 612. The Labute approximate surface area is 139 Å². The van der Waals surface area contributed by atoms with Gasteiger partial charge in [-0.05, 0) is 42.2 Å². The largest absolute Gasteiger partial charge is 0.490 e. The van der Waals surface area contributed by atoms with Gasteiger partial charge in [0.15, 0.2) is 6.23 Å². The minimum Gasteiger partial charge on any atom is -0.439 e. The molecule has 3 rings (SSSR count). The molecule has 2 aliphatic rings. The highest BCUT2D eigenvalue weighted by Gasteiger charge is 2.55. The highest BCUT2D eigenvalue weighted by molar-refractivity contribution is 5.75. The maximum absolute atomic E-state index is 12.4. The number of hydrogen-bond donors (Lipinski definition) is 1. The summed E-state index contributed by atoms with van der Waals surface area (Å²) in [4.78, 5) is 11.1. The lowest BCUT2D eigenvalue weighted by Gasteiger charge is -2.47. The fourth-order valence-electron chi connectivity index (χ4n) is 3.81. The topological polar surface area (TPSA) is 38.3 Å². The van der Waals surface area contributed by atoms with E-state index in [0.29, 0.717) is 18.4 Å². The van der Waals surface area contributed by atoms with Crippen molar-refractivity contribution in [1.29, 1.82) is 0 Å². The Kier molecular flexibility index (Phi) is 4.36. The van der Waals surface area contributed by atoms with Crippen LogP contribution in [0.5, 0.6) is 0 Å². The van der Waals surface area contributed by atoms with E-state index in [0.717, 1.165) is 19.3 Å². The first-order valence-corrected chi connectivity index (χ1v) is 8.32. The smallest absolute Gasteiger partial charge is 0.439 e. The van der Waals surface area contributed by atoms with Crippen molar-refractivity contribution in [2.75, 3.05) is 6.54 Å². The van der Waals surface area contributed by atoms with E-state index in [1.54, 1.807) is 0 Å². The Morgan fingerprint density at radius 2 is 1.96 bits per heavy atom. The first-order chi connectivity index (χ1) is 11.2. The maximum Gasteiger partial charge on any atom is 0.490 e. The Hall–Kier alpha value is -1.56. The summed E-state index contributed by atoms with van der Waals surface area (Å²) < 4.78 is 41.8. The minimum atomic E-state index is -4.94. The van der Waals surface area contributed by atoms with Gasteiger partial charge in [0.2, 0.25) is 0 Å². The predicted molar refractivity (Wildman–Crippen MR) is 83.5 cm³/mol. The molecule has 1 saturated carbocycles. The summed E-state index contributed by atoms with van der Waals surface area (Å²) in [6, 6.07) is 8.46. The number of carbonyl (C=O) groups is 1. The van der Waals surface area contributed by atoms with Crippen molar-refractivity contribution in [3.63, 3.8) is 0 Å². The third-order valence-corrected chi connectivity index (χ3v) is 5.37. The fourth-order valence-corrected chi connectivity index (χ4v) is 3.81. The van der Waals surface area contributed by atoms with Crippen LogP contribution < -0.4 is 5.32 Å². The second-order valence-electron chi connectivity index (χ2n) is 7.29. The van der Waals surface area contributed by atoms with Gasteiger partial charge in [0.25, 0.3) is 0 Å². The number of ether oxygens (including phenoxy) is 1. The van der Waals surface area contributed by atoms with E-state index in [1.807, 2.05) is 0 Å². The number of halogens is 3. The van der Waals surface area contributed by atoms with Crippen molar-refractivity contribution >= 4 is 5.97 Å². The molecule has 0 bridgehead atoms. The molecule has 24 heavy (non-hydrogen) atoms. The van der Waals surface area contributed by atoms with Gasteiger partial charge in [-0.1, -0.05) is 38.1 Å². The van der Waals surface area contributed by atoms with Gasteiger partial charge in [-0.2, -0.15) is 13.2 Å². The first kappa shape index (κ1) is 17.3. The molecule has 1 aliphatic heterocycles. The first-order valence-electron chi connectivity index (χ1n) is 8.32. The molecule has 2 fully saturated rings. The molecule has 132 valence electrons. The Balaban J connectivity index is 1.65. The van der Waals surface area contributed by atoms with E-state index in [1.165, 1.54) is 11.1 Å². The molecule has 0 amide bonds. The summed E-state index contributed by atoms with van der Waals surface area (Å²) in [6.07, 6.45) is -3.35. The third-order valence-electron chi connectivity index (χ3n) is 5.37. The van der Waals surface area contributed by atoms with Crippen LogP contribution in [0.2, 0.25) is 0 Å². The van der Waals surface area contributed by atoms with Crippen LogP contribution in [0, 0.1) is 5.41 Å². The standard InChI is InChI=1S/C18H22F3NO2/c1-11(2)12-3-5-13(6-4-12)14-7-8-17(9-14)10-22-15(17)24-16(23)18(19,20)21/h3-6,11,14-15,22H,7-10H2,1-2H3. The number of benzene rings is 1. The van der Waals surface area contributed by atoms with Gasteiger partial charge in [-0.25, -0.2) is 4.79 Å². The normalized spacial score (nSPS) is 29.8. The molecule has 1 heterocycles. The molecule has 1 aromatic carbocycles. The highest BCUT2D eigenvalue weighted by atomic mass is 19.4. The van der Waals surface area contributed by atoms with Gasteiger partial charge in [0.1, 0.15) is 0 Å². The van der Waals surface area contributed by atoms with Crippen LogP contribution in [0.15, 0.2) is 24.3 Å². The molecule has 1 aliphatic carbocycles. The van der Waals surface area contributed by atoms with Gasteiger partial charge in [-0.3, -0.25) is 5.32 Å². The van der Waals surface area contributed by atoms with Gasteiger partial charge in [-0.15, -0.1) is 0 Å². The molecule has 3 atom stereocenters. The highest BCUT2D eigenvalue weighted by Crippen LogP contribution is 2.52. The van der Waals surface area contributed by atoms with Crippen LogP contribution in [-0.2, 0) is 9.53 Å². The number of rotatable bonds is 3. The molecule has 3 nitrogen and oxygen atoms in total. The zero-order valence-electron chi connectivity index (χ0n) is 13.8.